The highest BCUT2D eigenvalue weighted by atomic mass is 32.1. The maximum absolute atomic E-state index is 5.78. The SMILES string of the molecule is Cc1oc(-c2ccsc2)nc1Cn1ccc(-c2ccccc2)n1. The van der Waals surface area contributed by atoms with Gasteiger partial charge in [0.2, 0.25) is 5.89 Å². The number of nitrogens with zero attached hydrogens (tertiary/aromatic N) is 3. The molecule has 0 aliphatic rings. The number of thiophene rings is 1. The van der Waals surface area contributed by atoms with Crippen molar-refractivity contribution in [2.45, 2.75) is 13.5 Å². The third-order valence-electron chi connectivity index (χ3n) is 3.68. The Hall–Kier alpha value is -2.66. The van der Waals surface area contributed by atoms with Crippen LogP contribution in [0.5, 0.6) is 0 Å². The molecule has 5 heteroatoms. The third kappa shape index (κ3) is 2.83. The number of hydrogen-bond acceptors (Lipinski definition) is 4. The Morgan fingerprint density at radius 1 is 1.09 bits per heavy atom. The minimum Gasteiger partial charge on any atom is -0.441 e. The van der Waals surface area contributed by atoms with Gasteiger partial charge < -0.3 is 4.42 Å². The van der Waals surface area contributed by atoms with Crippen LogP contribution < -0.4 is 0 Å². The van der Waals surface area contributed by atoms with Crippen molar-refractivity contribution in [1.29, 1.82) is 0 Å². The van der Waals surface area contributed by atoms with Gasteiger partial charge in [-0.2, -0.15) is 16.4 Å². The van der Waals surface area contributed by atoms with Crippen LogP contribution in [0.1, 0.15) is 11.5 Å². The van der Waals surface area contributed by atoms with E-state index in [1.807, 2.05) is 58.9 Å². The van der Waals surface area contributed by atoms with Gasteiger partial charge in [-0.3, -0.25) is 4.68 Å². The first kappa shape index (κ1) is 14.0. The summed E-state index contributed by atoms with van der Waals surface area (Å²) in [5.74, 6) is 1.51. The van der Waals surface area contributed by atoms with E-state index in [0.717, 1.165) is 28.3 Å². The van der Waals surface area contributed by atoms with Crippen molar-refractivity contribution in [3.63, 3.8) is 0 Å². The minimum absolute atomic E-state index is 0.603. The van der Waals surface area contributed by atoms with Crippen LogP contribution >= 0.6 is 11.3 Å². The van der Waals surface area contributed by atoms with E-state index >= 15 is 0 Å². The topological polar surface area (TPSA) is 43.9 Å². The summed E-state index contributed by atoms with van der Waals surface area (Å²) in [6.45, 7) is 2.55. The maximum atomic E-state index is 5.78. The van der Waals surface area contributed by atoms with Gasteiger partial charge in [-0.25, -0.2) is 4.98 Å². The average molecular weight is 321 g/mol. The summed E-state index contributed by atoms with van der Waals surface area (Å²) in [5.41, 5.74) is 4.01. The van der Waals surface area contributed by atoms with E-state index in [-0.39, 0.29) is 0 Å². The summed E-state index contributed by atoms with van der Waals surface area (Å²) in [6.07, 6.45) is 1.97. The molecule has 0 bridgehead atoms. The number of oxazole rings is 1. The van der Waals surface area contributed by atoms with Crippen molar-refractivity contribution >= 4 is 11.3 Å². The lowest BCUT2D eigenvalue weighted by atomic mass is 10.2. The van der Waals surface area contributed by atoms with Gasteiger partial charge in [0.25, 0.3) is 0 Å². The summed E-state index contributed by atoms with van der Waals surface area (Å²) in [7, 11) is 0. The molecule has 3 heterocycles. The molecule has 4 aromatic rings. The fourth-order valence-corrected chi connectivity index (χ4v) is 3.08. The zero-order chi connectivity index (χ0) is 15.6. The number of rotatable bonds is 4. The second-order valence-corrected chi connectivity index (χ2v) is 6.08. The predicted octanol–water partition coefficient (Wildman–Crippen LogP) is 4.62. The van der Waals surface area contributed by atoms with Crippen molar-refractivity contribution in [3.8, 4) is 22.7 Å². The molecular weight excluding hydrogens is 306 g/mol. The Labute approximate surface area is 138 Å². The van der Waals surface area contributed by atoms with Gasteiger partial charge in [0, 0.05) is 22.7 Å². The van der Waals surface area contributed by atoms with Crippen LogP contribution in [0, 0.1) is 6.92 Å². The summed E-state index contributed by atoms with van der Waals surface area (Å²) in [4.78, 5) is 4.61. The number of aromatic nitrogens is 3. The van der Waals surface area contributed by atoms with Crippen molar-refractivity contribution < 1.29 is 4.42 Å². The monoisotopic (exact) mass is 321 g/mol. The largest absolute Gasteiger partial charge is 0.441 e. The fraction of sp³-hybridized carbons (Fsp3) is 0.111. The van der Waals surface area contributed by atoms with E-state index in [4.69, 9.17) is 4.42 Å². The predicted molar refractivity (Wildman–Crippen MR) is 91.3 cm³/mol. The van der Waals surface area contributed by atoms with Crippen molar-refractivity contribution in [1.82, 2.24) is 14.8 Å². The molecule has 0 fully saturated rings. The molecular formula is C18H15N3OS. The molecule has 0 aliphatic carbocycles. The van der Waals surface area contributed by atoms with Gasteiger partial charge in [0.05, 0.1) is 12.2 Å². The third-order valence-corrected chi connectivity index (χ3v) is 4.37. The van der Waals surface area contributed by atoms with E-state index < -0.39 is 0 Å². The van der Waals surface area contributed by atoms with Crippen LogP contribution in [0.15, 0.2) is 63.8 Å². The molecule has 1 aromatic carbocycles. The zero-order valence-corrected chi connectivity index (χ0v) is 13.5. The summed E-state index contributed by atoms with van der Waals surface area (Å²) in [5, 5.41) is 8.69. The molecule has 0 amide bonds. The second kappa shape index (κ2) is 5.85. The second-order valence-electron chi connectivity index (χ2n) is 5.30. The van der Waals surface area contributed by atoms with Crippen LogP contribution in [-0.4, -0.2) is 14.8 Å². The lowest BCUT2D eigenvalue weighted by Gasteiger charge is -1.99. The molecule has 3 aromatic heterocycles. The van der Waals surface area contributed by atoms with E-state index in [0.29, 0.717) is 12.4 Å². The van der Waals surface area contributed by atoms with Crippen molar-refractivity contribution in [2.75, 3.05) is 0 Å². The normalized spacial score (nSPS) is 11.0. The van der Waals surface area contributed by atoms with Crippen molar-refractivity contribution in [3.05, 3.63) is 70.9 Å². The first-order valence-corrected chi connectivity index (χ1v) is 8.31. The van der Waals surface area contributed by atoms with Crippen molar-refractivity contribution in [2.24, 2.45) is 0 Å². The highest BCUT2D eigenvalue weighted by molar-refractivity contribution is 7.08. The Morgan fingerprint density at radius 3 is 2.74 bits per heavy atom. The van der Waals surface area contributed by atoms with Gasteiger partial charge in [-0.15, -0.1) is 0 Å². The Kier molecular flexibility index (Phi) is 3.55. The molecule has 0 N–H and O–H groups in total. The Balaban J connectivity index is 1.58. The number of aryl methyl sites for hydroxylation is 1. The van der Waals surface area contributed by atoms with E-state index in [1.54, 1.807) is 11.3 Å². The number of hydrogen-bond donors (Lipinski definition) is 0. The highest BCUT2D eigenvalue weighted by Gasteiger charge is 2.13. The first-order chi connectivity index (χ1) is 11.3. The molecule has 23 heavy (non-hydrogen) atoms. The molecule has 0 atom stereocenters. The minimum atomic E-state index is 0.603. The van der Waals surface area contributed by atoms with Crippen LogP contribution in [0.3, 0.4) is 0 Å². The van der Waals surface area contributed by atoms with E-state index in [2.05, 4.69) is 22.2 Å². The molecule has 0 aliphatic heterocycles. The van der Waals surface area contributed by atoms with Gasteiger partial charge in [0.1, 0.15) is 11.5 Å². The molecule has 0 saturated heterocycles. The van der Waals surface area contributed by atoms with Crippen LogP contribution in [0.25, 0.3) is 22.7 Å². The van der Waals surface area contributed by atoms with Crippen LogP contribution in [0.2, 0.25) is 0 Å². The lowest BCUT2D eigenvalue weighted by Crippen LogP contribution is -2.02. The molecule has 4 nitrogen and oxygen atoms in total. The smallest absolute Gasteiger partial charge is 0.227 e. The van der Waals surface area contributed by atoms with Gasteiger partial charge in [0.15, 0.2) is 0 Å². The molecule has 114 valence electrons. The summed E-state index contributed by atoms with van der Waals surface area (Å²) >= 11 is 1.64. The van der Waals surface area contributed by atoms with Crippen LogP contribution in [0.4, 0.5) is 0 Å². The standard InChI is InChI=1S/C18H15N3OS/c1-13-17(19-18(22-13)15-8-10-23-12-15)11-21-9-7-16(20-21)14-5-3-2-4-6-14/h2-10,12H,11H2,1H3. The molecule has 4 rings (SSSR count). The Morgan fingerprint density at radius 2 is 1.96 bits per heavy atom. The fourth-order valence-electron chi connectivity index (χ4n) is 2.45. The highest BCUT2D eigenvalue weighted by Crippen LogP contribution is 2.24. The molecule has 0 radical (unpaired) electrons. The van der Waals surface area contributed by atoms with Crippen LogP contribution in [-0.2, 0) is 6.54 Å². The van der Waals surface area contributed by atoms with Gasteiger partial charge in [-0.05, 0) is 24.4 Å². The molecule has 0 unspecified atom stereocenters. The zero-order valence-electron chi connectivity index (χ0n) is 12.6. The van der Waals surface area contributed by atoms with E-state index in [9.17, 15) is 0 Å². The number of benzene rings is 1. The quantitative estimate of drug-likeness (QED) is 0.551. The molecule has 0 saturated carbocycles. The Bertz CT molecular complexity index is 907. The summed E-state index contributed by atoms with van der Waals surface area (Å²) < 4.78 is 7.67. The van der Waals surface area contributed by atoms with E-state index in [1.165, 1.54) is 0 Å². The van der Waals surface area contributed by atoms with Gasteiger partial charge >= 0.3 is 0 Å². The first-order valence-electron chi connectivity index (χ1n) is 7.37. The van der Waals surface area contributed by atoms with Gasteiger partial charge in [-0.1, -0.05) is 30.3 Å². The summed E-state index contributed by atoms with van der Waals surface area (Å²) in [6, 6.07) is 14.2. The molecule has 0 spiro atoms. The maximum Gasteiger partial charge on any atom is 0.227 e. The lowest BCUT2D eigenvalue weighted by molar-refractivity contribution is 0.536. The average Bonchev–Trinajstić information content (AvgIpc) is 3.31.